The summed E-state index contributed by atoms with van der Waals surface area (Å²) in [6.07, 6.45) is 2.04. The van der Waals surface area contributed by atoms with Crippen LogP contribution in [0.15, 0.2) is 0 Å². The van der Waals surface area contributed by atoms with Gasteiger partial charge in [0.25, 0.3) is 0 Å². The Balaban J connectivity index is -0.000000376. The van der Waals surface area contributed by atoms with Crippen molar-refractivity contribution >= 4 is 49.6 Å². The van der Waals surface area contributed by atoms with Crippen LogP contribution in [0.5, 0.6) is 0 Å². The molecule has 0 aliphatic heterocycles. The third kappa shape index (κ3) is 13.9. The first-order valence-electron chi connectivity index (χ1n) is 3.94. The zero-order valence-corrected chi connectivity index (χ0v) is 14.4. The molecule has 1 atom stereocenters. The predicted molar refractivity (Wildman–Crippen MR) is 68.6 cm³/mol. The molecule has 0 aromatic rings. The Kier molecular flexibility index (Phi) is 26.1. The molecule has 1 unspecified atom stereocenters. The number of hydrogen-bond acceptors (Lipinski definition) is 5. The first-order chi connectivity index (χ1) is 6.22. The van der Waals surface area contributed by atoms with E-state index in [-0.39, 0.29) is 35.3 Å². The van der Waals surface area contributed by atoms with Crippen molar-refractivity contribution in [2.24, 2.45) is 0 Å². The smallest absolute Gasteiger partial charge is 0.548 e. The molecule has 80 valence electrons. The summed E-state index contributed by atoms with van der Waals surface area (Å²) < 4.78 is 0. The molecular weight excluding hydrogens is 344 g/mol. The van der Waals surface area contributed by atoms with E-state index in [1.807, 2.05) is 21.2 Å². The van der Waals surface area contributed by atoms with Crippen LogP contribution in [0.25, 0.3) is 0 Å². The van der Waals surface area contributed by atoms with E-state index in [2.05, 4.69) is 34.7 Å². The SMILES string of the molecule is CCCCNC(CS)C(=O)[O-].SI.[Na+]. The zero-order valence-electron chi connectivity index (χ0n) is 8.49. The van der Waals surface area contributed by atoms with Crippen LogP contribution in [0.4, 0.5) is 0 Å². The van der Waals surface area contributed by atoms with Crippen LogP contribution < -0.4 is 40.0 Å². The molecule has 0 amide bonds. The quantitative estimate of drug-likeness (QED) is 0.216. The number of hydrogen-bond donors (Lipinski definition) is 3. The third-order valence-electron chi connectivity index (χ3n) is 1.39. The Labute approximate surface area is 131 Å². The Morgan fingerprint density at radius 3 is 2.36 bits per heavy atom. The second kappa shape index (κ2) is 17.3. The third-order valence-corrected chi connectivity index (χ3v) is 1.75. The second-order valence-electron chi connectivity index (χ2n) is 2.36. The monoisotopic (exact) mass is 359 g/mol. The van der Waals surface area contributed by atoms with E-state index < -0.39 is 12.0 Å². The summed E-state index contributed by atoms with van der Waals surface area (Å²) >= 11 is 5.72. The van der Waals surface area contributed by atoms with Gasteiger partial charge in [0, 0.05) is 5.75 Å². The maximum absolute atomic E-state index is 10.3. The molecule has 0 heterocycles. The average molecular weight is 359 g/mol. The van der Waals surface area contributed by atoms with Gasteiger partial charge in [-0.15, -0.1) is 9.80 Å². The van der Waals surface area contributed by atoms with Crippen molar-refractivity contribution in [2.75, 3.05) is 12.3 Å². The summed E-state index contributed by atoms with van der Waals surface area (Å²) in [6.45, 7) is 2.77. The number of aliphatic carboxylic acids is 1. The molecular formula is C7H15INNaO2S2. The van der Waals surface area contributed by atoms with Crippen LogP contribution in [-0.2, 0) is 4.79 Å². The van der Waals surface area contributed by atoms with Gasteiger partial charge in [-0.1, -0.05) is 13.3 Å². The summed E-state index contributed by atoms with van der Waals surface area (Å²) in [5, 5.41) is 13.1. The van der Waals surface area contributed by atoms with Crippen LogP contribution in [-0.4, -0.2) is 24.3 Å². The first kappa shape index (κ1) is 21.2. The molecule has 0 aliphatic carbocycles. The van der Waals surface area contributed by atoms with Gasteiger partial charge >= 0.3 is 29.6 Å². The summed E-state index contributed by atoms with van der Waals surface area (Å²) in [5.41, 5.74) is 0. The van der Waals surface area contributed by atoms with Crippen LogP contribution in [0.3, 0.4) is 0 Å². The van der Waals surface area contributed by atoms with E-state index in [1.54, 1.807) is 0 Å². The van der Waals surface area contributed by atoms with E-state index in [0.717, 1.165) is 19.4 Å². The standard InChI is InChI=1S/C7H15NO2S.HIS.Na/c1-2-3-4-8-6(5-11)7(9)10;1-2;/h6,8,11H,2-5H2,1H3,(H,9,10);2H;/q;;+1/p-1. The largest absolute Gasteiger partial charge is 1.00 e. The minimum atomic E-state index is -1.07. The van der Waals surface area contributed by atoms with Crippen molar-refractivity contribution in [2.45, 2.75) is 25.8 Å². The molecule has 14 heavy (non-hydrogen) atoms. The van der Waals surface area contributed by atoms with Gasteiger partial charge in [0.05, 0.1) is 12.0 Å². The number of carboxylic acids is 1. The Morgan fingerprint density at radius 1 is 1.57 bits per heavy atom. The summed E-state index contributed by atoms with van der Waals surface area (Å²) in [5.74, 6) is -0.789. The summed E-state index contributed by atoms with van der Waals surface area (Å²) in [6, 6.07) is -0.607. The molecule has 0 spiro atoms. The Morgan fingerprint density at radius 2 is 2.07 bits per heavy atom. The maximum atomic E-state index is 10.3. The molecule has 0 aromatic heterocycles. The van der Waals surface area contributed by atoms with Gasteiger partial charge in [-0.05, 0) is 34.2 Å². The van der Waals surface area contributed by atoms with E-state index in [4.69, 9.17) is 0 Å². The number of carbonyl (C=O) groups is 1. The van der Waals surface area contributed by atoms with Crippen LogP contribution in [0, 0.1) is 0 Å². The molecule has 0 rings (SSSR count). The molecule has 0 aliphatic rings. The van der Waals surface area contributed by atoms with Crippen molar-refractivity contribution in [1.82, 2.24) is 5.32 Å². The van der Waals surface area contributed by atoms with Crippen LogP contribution in [0.2, 0.25) is 0 Å². The van der Waals surface area contributed by atoms with E-state index in [0.29, 0.717) is 0 Å². The van der Waals surface area contributed by atoms with Crippen molar-refractivity contribution in [3.8, 4) is 0 Å². The summed E-state index contributed by atoms with van der Waals surface area (Å²) in [4.78, 5) is 10.3. The fraction of sp³-hybridized carbons (Fsp3) is 0.857. The minimum absolute atomic E-state index is 0. The Hall–Kier alpha value is 1.86. The number of thiol groups is 2. The number of nitrogens with one attached hydrogen (secondary N) is 1. The molecule has 0 saturated carbocycles. The zero-order chi connectivity index (χ0) is 10.7. The van der Waals surface area contributed by atoms with Crippen molar-refractivity contribution in [3.05, 3.63) is 0 Å². The second-order valence-corrected chi connectivity index (χ2v) is 2.73. The molecule has 0 fully saturated rings. The number of halogens is 1. The topological polar surface area (TPSA) is 52.2 Å². The Bertz CT molecular complexity index is 132. The molecule has 0 saturated heterocycles. The molecule has 0 aromatic carbocycles. The number of carboxylic acid groups (broad SMARTS) is 1. The fourth-order valence-electron chi connectivity index (χ4n) is 0.675. The molecule has 0 bridgehead atoms. The predicted octanol–water partition coefficient (Wildman–Crippen LogP) is -2.31. The number of carbonyl (C=O) groups excluding carboxylic acids is 1. The van der Waals surface area contributed by atoms with E-state index >= 15 is 0 Å². The van der Waals surface area contributed by atoms with E-state index in [1.165, 1.54) is 0 Å². The van der Waals surface area contributed by atoms with Crippen molar-refractivity contribution < 1.29 is 39.5 Å². The van der Waals surface area contributed by atoms with Gasteiger partial charge in [0.1, 0.15) is 0 Å². The maximum Gasteiger partial charge on any atom is 1.00 e. The number of rotatable bonds is 6. The molecule has 0 radical (unpaired) electrons. The van der Waals surface area contributed by atoms with Gasteiger partial charge in [-0.2, -0.15) is 12.6 Å². The minimum Gasteiger partial charge on any atom is -0.548 e. The first-order valence-corrected chi connectivity index (χ1v) is 7.80. The van der Waals surface area contributed by atoms with E-state index in [9.17, 15) is 9.90 Å². The van der Waals surface area contributed by atoms with Gasteiger partial charge < -0.3 is 15.2 Å². The fourth-order valence-corrected chi connectivity index (χ4v) is 0.954. The van der Waals surface area contributed by atoms with Gasteiger partial charge in [-0.3, -0.25) is 0 Å². The van der Waals surface area contributed by atoms with Gasteiger partial charge in [0.2, 0.25) is 0 Å². The van der Waals surface area contributed by atoms with Gasteiger partial charge in [0.15, 0.2) is 0 Å². The van der Waals surface area contributed by atoms with Crippen molar-refractivity contribution in [3.63, 3.8) is 0 Å². The van der Waals surface area contributed by atoms with Crippen LogP contribution in [0.1, 0.15) is 19.8 Å². The molecule has 3 nitrogen and oxygen atoms in total. The van der Waals surface area contributed by atoms with Crippen molar-refractivity contribution in [1.29, 1.82) is 0 Å². The number of unbranched alkanes of at least 4 members (excludes halogenated alkanes) is 1. The van der Waals surface area contributed by atoms with Crippen LogP contribution >= 0.6 is 43.6 Å². The normalized spacial score (nSPS) is 10.6. The average Bonchev–Trinajstić information content (AvgIpc) is 2.15. The molecule has 1 N–H and O–H groups in total. The van der Waals surface area contributed by atoms with Gasteiger partial charge in [-0.25, -0.2) is 0 Å². The molecule has 7 heteroatoms. The summed E-state index contributed by atoms with van der Waals surface area (Å²) in [7, 11) is 3.50.